The summed E-state index contributed by atoms with van der Waals surface area (Å²) in [5, 5.41) is 10.1. The topological polar surface area (TPSA) is 82.2 Å². The van der Waals surface area contributed by atoms with Gasteiger partial charge in [-0.25, -0.2) is 0 Å². The second kappa shape index (κ2) is 7.66. The highest BCUT2D eigenvalue weighted by atomic mass is 32.1. The predicted molar refractivity (Wildman–Crippen MR) is 135 cm³/mol. The van der Waals surface area contributed by atoms with Crippen molar-refractivity contribution in [3.63, 3.8) is 0 Å². The first-order valence-electron chi connectivity index (χ1n) is 11.9. The van der Waals surface area contributed by atoms with Gasteiger partial charge in [0, 0.05) is 78.1 Å². The molecular weight excluding hydrogens is 446 g/mol. The molecule has 3 aliphatic rings. The van der Waals surface area contributed by atoms with Gasteiger partial charge in [-0.2, -0.15) is 0 Å². The number of benzene rings is 1. The van der Waals surface area contributed by atoms with E-state index in [9.17, 15) is 9.59 Å². The van der Waals surface area contributed by atoms with Crippen LogP contribution in [-0.4, -0.2) is 58.5 Å². The third-order valence-corrected chi connectivity index (χ3v) is 8.52. The van der Waals surface area contributed by atoms with Crippen molar-refractivity contribution in [2.45, 2.75) is 24.9 Å². The highest BCUT2D eigenvalue weighted by molar-refractivity contribution is 7.16. The molecule has 1 aromatic carbocycles. The molecule has 0 saturated carbocycles. The Balaban J connectivity index is 1.39. The normalized spacial score (nSPS) is 23.8. The highest BCUT2D eigenvalue weighted by Gasteiger charge is 2.36. The number of para-hydroxylation sites is 1. The van der Waals surface area contributed by atoms with E-state index in [1.54, 1.807) is 11.3 Å². The quantitative estimate of drug-likeness (QED) is 0.400. The Hall–Kier alpha value is -3.20. The molecular formula is C26H25N5O2S. The van der Waals surface area contributed by atoms with E-state index in [-0.39, 0.29) is 11.8 Å². The number of aromatic amines is 1. The average Bonchev–Trinajstić information content (AvgIpc) is 3.61. The minimum absolute atomic E-state index is 0.321. The van der Waals surface area contributed by atoms with Gasteiger partial charge in [-0.05, 0) is 30.4 Å². The molecule has 4 aromatic rings. The van der Waals surface area contributed by atoms with Crippen LogP contribution in [0.3, 0.4) is 0 Å². The van der Waals surface area contributed by atoms with E-state index in [1.165, 1.54) is 0 Å². The van der Waals surface area contributed by atoms with Gasteiger partial charge in [-0.1, -0.05) is 18.2 Å². The summed E-state index contributed by atoms with van der Waals surface area (Å²) in [6, 6.07) is 11.2. The van der Waals surface area contributed by atoms with Crippen molar-refractivity contribution >= 4 is 55.4 Å². The summed E-state index contributed by atoms with van der Waals surface area (Å²) in [6.45, 7) is 4.29. The van der Waals surface area contributed by atoms with Crippen molar-refractivity contribution in [2.24, 2.45) is 0 Å². The number of aromatic nitrogens is 2. The van der Waals surface area contributed by atoms with Crippen LogP contribution < -0.4 is 10.6 Å². The fraction of sp³-hybridized carbons (Fsp3) is 0.308. The van der Waals surface area contributed by atoms with Crippen LogP contribution >= 0.6 is 11.3 Å². The first-order chi connectivity index (χ1) is 16.7. The molecule has 0 bridgehead atoms. The van der Waals surface area contributed by atoms with Crippen LogP contribution in [0.25, 0.3) is 32.3 Å². The van der Waals surface area contributed by atoms with Crippen LogP contribution in [0.2, 0.25) is 0 Å². The molecule has 2 saturated heterocycles. The number of rotatable bonds is 3. The van der Waals surface area contributed by atoms with Crippen LogP contribution in [-0.2, 0) is 9.59 Å². The molecule has 7 rings (SSSR count). The summed E-state index contributed by atoms with van der Waals surface area (Å²) in [5.74, 6) is -0.649. The van der Waals surface area contributed by atoms with Gasteiger partial charge in [-0.3, -0.25) is 19.8 Å². The predicted octanol–water partition coefficient (Wildman–Crippen LogP) is 3.36. The van der Waals surface area contributed by atoms with Gasteiger partial charge in [0.2, 0.25) is 0 Å². The number of nitrogens with one attached hydrogen (secondary N) is 3. The Kier molecular flexibility index (Phi) is 4.55. The SMILES string of the molecule is O=C1NC(=O)C(c2cn(C3CCN4CCNCC4C3)c3ccccc23)=C1c1c[nH]c2sccc12. The van der Waals surface area contributed by atoms with Crippen LogP contribution in [0.15, 0.2) is 48.1 Å². The van der Waals surface area contributed by atoms with Gasteiger partial charge >= 0.3 is 0 Å². The number of amides is 2. The van der Waals surface area contributed by atoms with Gasteiger partial charge < -0.3 is 14.9 Å². The fourth-order valence-electron chi connectivity index (χ4n) is 6.06. The first-order valence-corrected chi connectivity index (χ1v) is 12.8. The second-order valence-electron chi connectivity index (χ2n) is 9.44. The van der Waals surface area contributed by atoms with E-state index in [1.807, 2.05) is 23.7 Å². The summed E-state index contributed by atoms with van der Waals surface area (Å²) >= 11 is 1.59. The molecule has 3 aromatic heterocycles. The number of piperazine rings is 1. The number of carbonyl (C=O) groups excluding carboxylic acids is 2. The summed E-state index contributed by atoms with van der Waals surface area (Å²) in [6.07, 6.45) is 6.13. The smallest absolute Gasteiger partial charge is 0.259 e. The monoisotopic (exact) mass is 471 g/mol. The van der Waals surface area contributed by atoms with Crippen molar-refractivity contribution in [3.8, 4) is 0 Å². The molecule has 2 amide bonds. The Morgan fingerprint density at radius 1 is 0.941 bits per heavy atom. The van der Waals surface area contributed by atoms with E-state index >= 15 is 0 Å². The minimum Gasteiger partial charge on any atom is -0.352 e. The number of hydrogen-bond acceptors (Lipinski definition) is 5. The number of nitrogens with zero attached hydrogens (tertiary/aromatic N) is 2. The zero-order chi connectivity index (χ0) is 22.8. The van der Waals surface area contributed by atoms with Gasteiger partial charge in [0.1, 0.15) is 4.83 Å². The maximum atomic E-state index is 13.2. The zero-order valence-corrected chi connectivity index (χ0v) is 19.5. The average molecular weight is 472 g/mol. The largest absolute Gasteiger partial charge is 0.352 e. The van der Waals surface area contributed by atoms with Crippen molar-refractivity contribution in [3.05, 3.63) is 59.2 Å². The molecule has 0 spiro atoms. The summed E-state index contributed by atoms with van der Waals surface area (Å²) in [4.78, 5) is 33.0. The number of fused-ring (bicyclic) bond motifs is 3. The molecule has 8 heteroatoms. The maximum absolute atomic E-state index is 13.2. The van der Waals surface area contributed by atoms with Crippen molar-refractivity contribution in [1.82, 2.24) is 25.1 Å². The molecule has 3 aliphatic heterocycles. The standard InChI is InChI=1S/C26H25N5O2S/c32-24-22(19-13-28-26-18(19)6-10-34-26)23(25(33)29-24)20-14-31(21-4-2-1-3-17(20)21)15-5-8-30-9-7-27-12-16(30)11-15/h1-4,6,10,13-16,27-28H,5,7-9,11-12H2,(H,29,32,33). The molecule has 2 atom stereocenters. The Labute approximate surface area is 200 Å². The number of thiophene rings is 1. The summed E-state index contributed by atoms with van der Waals surface area (Å²) < 4.78 is 2.36. The molecule has 0 aliphatic carbocycles. The van der Waals surface area contributed by atoms with E-state index in [0.29, 0.717) is 23.2 Å². The van der Waals surface area contributed by atoms with Crippen molar-refractivity contribution < 1.29 is 9.59 Å². The lowest BCUT2D eigenvalue weighted by Crippen LogP contribution is -2.54. The van der Waals surface area contributed by atoms with E-state index in [2.05, 4.69) is 49.5 Å². The number of carbonyl (C=O) groups is 2. The van der Waals surface area contributed by atoms with Crippen LogP contribution in [0.4, 0.5) is 0 Å². The van der Waals surface area contributed by atoms with Crippen molar-refractivity contribution in [1.29, 1.82) is 0 Å². The third kappa shape index (κ3) is 2.95. The molecule has 0 radical (unpaired) electrons. The lowest BCUT2D eigenvalue weighted by atomic mass is 9.95. The second-order valence-corrected chi connectivity index (χ2v) is 10.4. The van der Waals surface area contributed by atoms with Crippen LogP contribution in [0, 0.1) is 0 Å². The lowest BCUT2D eigenvalue weighted by Gasteiger charge is -2.43. The minimum atomic E-state index is -0.328. The van der Waals surface area contributed by atoms with Crippen molar-refractivity contribution in [2.75, 3.05) is 26.2 Å². The van der Waals surface area contributed by atoms with Gasteiger partial charge in [0.15, 0.2) is 0 Å². The number of hydrogen-bond donors (Lipinski definition) is 3. The Bertz CT molecular complexity index is 1490. The van der Waals surface area contributed by atoms with Gasteiger partial charge in [0.25, 0.3) is 11.8 Å². The molecule has 34 heavy (non-hydrogen) atoms. The molecule has 2 fully saturated rings. The van der Waals surface area contributed by atoms with Crippen LogP contribution in [0.1, 0.15) is 30.0 Å². The fourth-order valence-corrected chi connectivity index (χ4v) is 6.83. The number of piperidine rings is 1. The zero-order valence-electron chi connectivity index (χ0n) is 18.6. The molecule has 3 N–H and O–H groups in total. The maximum Gasteiger partial charge on any atom is 0.259 e. The van der Waals surface area contributed by atoms with E-state index in [0.717, 1.165) is 71.3 Å². The number of H-pyrrole nitrogens is 1. The molecule has 6 heterocycles. The molecule has 172 valence electrons. The van der Waals surface area contributed by atoms with Crippen LogP contribution in [0.5, 0.6) is 0 Å². The Morgan fingerprint density at radius 2 is 1.79 bits per heavy atom. The molecule has 7 nitrogen and oxygen atoms in total. The Morgan fingerprint density at radius 3 is 2.71 bits per heavy atom. The van der Waals surface area contributed by atoms with E-state index < -0.39 is 0 Å². The lowest BCUT2D eigenvalue weighted by molar-refractivity contribution is -0.122. The van der Waals surface area contributed by atoms with E-state index in [4.69, 9.17) is 0 Å². The number of imide groups is 1. The highest BCUT2D eigenvalue weighted by Crippen LogP contribution is 2.41. The van der Waals surface area contributed by atoms with Gasteiger partial charge in [0.05, 0.1) is 11.1 Å². The van der Waals surface area contributed by atoms with Gasteiger partial charge in [-0.15, -0.1) is 11.3 Å². The molecule has 2 unspecified atom stereocenters. The summed E-state index contributed by atoms with van der Waals surface area (Å²) in [7, 11) is 0. The summed E-state index contributed by atoms with van der Waals surface area (Å²) in [5.41, 5.74) is 3.68. The first kappa shape index (κ1) is 20.2. The third-order valence-electron chi connectivity index (χ3n) is 7.67.